The van der Waals surface area contributed by atoms with Crippen molar-refractivity contribution in [1.29, 1.82) is 0 Å². The van der Waals surface area contributed by atoms with E-state index >= 15 is 0 Å². The topological polar surface area (TPSA) is 56.2 Å². The van der Waals surface area contributed by atoms with Gasteiger partial charge in [0.1, 0.15) is 11.3 Å². The molecule has 0 amide bonds. The highest BCUT2D eigenvalue weighted by Crippen LogP contribution is 2.25. The third kappa shape index (κ3) is 2.55. The Morgan fingerprint density at radius 3 is 2.57 bits per heavy atom. The van der Waals surface area contributed by atoms with Gasteiger partial charge in [-0.2, -0.15) is 0 Å². The average Bonchev–Trinajstić information content (AvgIpc) is 2.46. The van der Waals surface area contributed by atoms with Gasteiger partial charge in [0.05, 0.1) is 5.39 Å². The van der Waals surface area contributed by atoms with E-state index in [0.29, 0.717) is 28.3 Å². The summed E-state index contributed by atoms with van der Waals surface area (Å²) in [6, 6.07) is 14.6. The van der Waals surface area contributed by atoms with E-state index in [-0.39, 0.29) is 5.43 Å². The summed E-state index contributed by atoms with van der Waals surface area (Å²) in [6.45, 7) is 4.20. The van der Waals surface area contributed by atoms with E-state index < -0.39 is 0 Å². The molecule has 0 radical (unpaired) electrons. The predicted molar refractivity (Wildman–Crippen MR) is 86.4 cm³/mol. The minimum Gasteiger partial charge on any atom is -0.456 e. The highest BCUT2D eigenvalue weighted by Gasteiger charge is 2.09. The van der Waals surface area contributed by atoms with Crippen LogP contribution in [0.5, 0.6) is 0 Å². The molecule has 106 valence electrons. The number of nitrogen functional groups attached to an aromatic ring is 1. The van der Waals surface area contributed by atoms with Gasteiger partial charge in [0, 0.05) is 17.3 Å². The van der Waals surface area contributed by atoms with E-state index in [9.17, 15) is 4.79 Å². The first-order valence-corrected chi connectivity index (χ1v) is 6.98. The minimum absolute atomic E-state index is 0.0313. The van der Waals surface area contributed by atoms with Crippen LogP contribution in [-0.2, 0) is 0 Å². The molecule has 0 spiro atoms. The molecule has 0 aliphatic heterocycles. The van der Waals surface area contributed by atoms with Crippen LogP contribution in [-0.4, -0.2) is 0 Å². The second-order valence-corrected chi connectivity index (χ2v) is 5.51. The first-order valence-electron chi connectivity index (χ1n) is 6.98. The molecular formula is C18H17NO2. The Labute approximate surface area is 123 Å². The molecule has 0 atom stereocenters. The van der Waals surface area contributed by atoms with Crippen LogP contribution in [0.2, 0.25) is 0 Å². The maximum absolute atomic E-state index is 12.3. The van der Waals surface area contributed by atoms with Gasteiger partial charge in [0.2, 0.25) is 0 Å². The molecule has 3 aromatic rings. The van der Waals surface area contributed by atoms with Crippen molar-refractivity contribution in [1.82, 2.24) is 0 Å². The molecule has 2 N–H and O–H groups in total. The Hall–Kier alpha value is -2.55. The molecule has 0 aliphatic carbocycles. The maximum atomic E-state index is 12.3. The zero-order valence-corrected chi connectivity index (χ0v) is 12.1. The van der Waals surface area contributed by atoms with Crippen LogP contribution in [0.4, 0.5) is 5.69 Å². The maximum Gasteiger partial charge on any atom is 0.193 e. The van der Waals surface area contributed by atoms with Gasteiger partial charge in [-0.1, -0.05) is 32.0 Å². The Morgan fingerprint density at radius 1 is 1.05 bits per heavy atom. The number of nitrogens with two attached hydrogens (primary N) is 1. The first-order chi connectivity index (χ1) is 10.0. The lowest BCUT2D eigenvalue weighted by Crippen LogP contribution is -2.01. The van der Waals surface area contributed by atoms with Crippen molar-refractivity contribution < 1.29 is 4.42 Å². The summed E-state index contributed by atoms with van der Waals surface area (Å²) in [6.07, 6.45) is 0. The zero-order chi connectivity index (χ0) is 15.0. The van der Waals surface area contributed by atoms with Crippen molar-refractivity contribution in [3.63, 3.8) is 0 Å². The fourth-order valence-electron chi connectivity index (χ4n) is 2.37. The molecule has 0 saturated carbocycles. The smallest absolute Gasteiger partial charge is 0.193 e. The molecule has 0 aliphatic rings. The van der Waals surface area contributed by atoms with Crippen LogP contribution in [0.1, 0.15) is 25.3 Å². The standard InChI is InChI=1S/C18H17NO2/c1-11(2)12-6-7-17-15(9-12)16(20)10-18(21-17)13-4-3-5-14(19)8-13/h3-11H,19H2,1-2H3. The van der Waals surface area contributed by atoms with Gasteiger partial charge in [-0.3, -0.25) is 4.79 Å². The Morgan fingerprint density at radius 2 is 1.86 bits per heavy atom. The van der Waals surface area contributed by atoms with Gasteiger partial charge in [-0.15, -0.1) is 0 Å². The molecule has 0 bridgehead atoms. The van der Waals surface area contributed by atoms with Crippen molar-refractivity contribution in [2.75, 3.05) is 5.73 Å². The summed E-state index contributed by atoms with van der Waals surface area (Å²) in [7, 11) is 0. The summed E-state index contributed by atoms with van der Waals surface area (Å²) in [4.78, 5) is 12.3. The van der Waals surface area contributed by atoms with Crippen molar-refractivity contribution in [2.24, 2.45) is 0 Å². The molecular weight excluding hydrogens is 262 g/mol. The van der Waals surface area contributed by atoms with E-state index in [0.717, 1.165) is 11.1 Å². The third-order valence-corrected chi connectivity index (χ3v) is 3.59. The summed E-state index contributed by atoms with van der Waals surface area (Å²) < 4.78 is 5.86. The average molecular weight is 279 g/mol. The van der Waals surface area contributed by atoms with Gasteiger partial charge in [0.15, 0.2) is 5.43 Å². The first kappa shape index (κ1) is 13.4. The Kier molecular flexibility index (Phi) is 3.26. The van der Waals surface area contributed by atoms with E-state index in [1.807, 2.05) is 30.3 Å². The van der Waals surface area contributed by atoms with Crippen LogP contribution < -0.4 is 11.2 Å². The Balaban J connectivity index is 2.20. The number of benzene rings is 2. The number of hydrogen-bond acceptors (Lipinski definition) is 3. The van der Waals surface area contributed by atoms with E-state index in [1.54, 1.807) is 12.1 Å². The van der Waals surface area contributed by atoms with Crippen molar-refractivity contribution in [3.05, 3.63) is 64.3 Å². The molecule has 2 aromatic carbocycles. The molecule has 3 nitrogen and oxygen atoms in total. The highest BCUT2D eigenvalue weighted by atomic mass is 16.3. The van der Waals surface area contributed by atoms with Crippen molar-refractivity contribution in [2.45, 2.75) is 19.8 Å². The number of anilines is 1. The van der Waals surface area contributed by atoms with E-state index in [1.165, 1.54) is 6.07 Å². The monoisotopic (exact) mass is 279 g/mol. The van der Waals surface area contributed by atoms with Gasteiger partial charge in [0.25, 0.3) is 0 Å². The normalized spacial score (nSPS) is 11.2. The molecule has 1 heterocycles. The summed E-state index contributed by atoms with van der Waals surface area (Å²) in [5.74, 6) is 0.916. The van der Waals surface area contributed by atoms with E-state index in [4.69, 9.17) is 10.2 Å². The largest absolute Gasteiger partial charge is 0.456 e. The molecule has 1 aromatic heterocycles. The van der Waals surface area contributed by atoms with Gasteiger partial charge in [-0.05, 0) is 35.7 Å². The van der Waals surface area contributed by atoms with Crippen LogP contribution in [0.3, 0.4) is 0 Å². The third-order valence-electron chi connectivity index (χ3n) is 3.59. The van der Waals surface area contributed by atoms with Gasteiger partial charge in [-0.25, -0.2) is 0 Å². The molecule has 3 heteroatoms. The number of fused-ring (bicyclic) bond motifs is 1. The molecule has 0 unspecified atom stereocenters. The summed E-state index contributed by atoms with van der Waals surface area (Å²) in [5.41, 5.74) is 8.93. The summed E-state index contributed by atoms with van der Waals surface area (Å²) in [5, 5.41) is 0.619. The SMILES string of the molecule is CC(C)c1ccc2oc(-c3cccc(N)c3)cc(=O)c2c1. The summed E-state index contributed by atoms with van der Waals surface area (Å²) >= 11 is 0. The minimum atomic E-state index is -0.0313. The van der Waals surface area contributed by atoms with Crippen LogP contribution >= 0.6 is 0 Å². The Bertz CT molecular complexity index is 862. The van der Waals surface area contributed by atoms with Gasteiger partial charge >= 0.3 is 0 Å². The van der Waals surface area contributed by atoms with Crippen LogP contribution in [0, 0.1) is 0 Å². The molecule has 0 saturated heterocycles. The van der Waals surface area contributed by atoms with Gasteiger partial charge < -0.3 is 10.2 Å². The quantitative estimate of drug-likeness (QED) is 0.716. The number of rotatable bonds is 2. The second kappa shape index (κ2) is 5.09. The van der Waals surface area contributed by atoms with Crippen molar-refractivity contribution >= 4 is 16.7 Å². The predicted octanol–water partition coefficient (Wildman–Crippen LogP) is 4.17. The fraction of sp³-hybridized carbons (Fsp3) is 0.167. The number of hydrogen-bond donors (Lipinski definition) is 1. The van der Waals surface area contributed by atoms with Crippen LogP contribution in [0.15, 0.2) is 57.7 Å². The molecule has 21 heavy (non-hydrogen) atoms. The zero-order valence-electron chi connectivity index (χ0n) is 12.1. The van der Waals surface area contributed by atoms with Crippen molar-refractivity contribution in [3.8, 4) is 11.3 Å². The fourth-order valence-corrected chi connectivity index (χ4v) is 2.37. The lowest BCUT2D eigenvalue weighted by molar-refractivity contribution is 0.618. The van der Waals surface area contributed by atoms with Crippen LogP contribution in [0.25, 0.3) is 22.3 Å². The molecule has 3 rings (SSSR count). The highest BCUT2D eigenvalue weighted by molar-refractivity contribution is 5.79. The lowest BCUT2D eigenvalue weighted by atomic mass is 10.0. The second-order valence-electron chi connectivity index (χ2n) is 5.51. The van der Waals surface area contributed by atoms with E-state index in [2.05, 4.69) is 13.8 Å². The molecule has 0 fully saturated rings. The lowest BCUT2D eigenvalue weighted by Gasteiger charge is -2.08.